The summed E-state index contributed by atoms with van der Waals surface area (Å²) in [6.07, 6.45) is 2.36. The lowest BCUT2D eigenvalue weighted by Crippen LogP contribution is -2.59. The van der Waals surface area contributed by atoms with Gasteiger partial charge in [0.25, 0.3) is 0 Å². The van der Waals surface area contributed by atoms with E-state index in [4.69, 9.17) is 0 Å². The number of hydrogen-bond acceptors (Lipinski definition) is 3. The lowest BCUT2D eigenvalue weighted by molar-refractivity contribution is -0.175. The van der Waals surface area contributed by atoms with Crippen molar-refractivity contribution in [3.8, 4) is 0 Å². The van der Waals surface area contributed by atoms with Gasteiger partial charge in [-0.05, 0) is 36.5 Å². The SMILES string of the molecule is C=Cc1cccc(C(O)(CC)N2CC(C(C)C)C2)n1. The van der Waals surface area contributed by atoms with E-state index in [1.54, 1.807) is 6.08 Å². The van der Waals surface area contributed by atoms with Gasteiger partial charge in [0.1, 0.15) is 0 Å². The molecule has 0 amide bonds. The highest BCUT2D eigenvalue weighted by atomic mass is 16.3. The van der Waals surface area contributed by atoms with E-state index in [-0.39, 0.29) is 0 Å². The second kappa shape index (κ2) is 5.43. The Hall–Kier alpha value is -1.19. The first-order valence-corrected chi connectivity index (χ1v) is 7.08. The van der Waals surface area contributed by atoms with Gasteiger partial charge in [-0.1, -0.05) is 33.4 Å². The summed E-state index contributed by atoms with van der Waals surface area (Å²) < 4.78 is 0. The molecule has 3 nitrogen and oxygen atoms in total. The first kappa shape index (κ1) is 14.2. The molecule has 1 unspecified atom stereocenters. The van der Waals surface area contributed by atoms with Gasteiger partial charge < -0.3 is 5.11 Å². The van der Waals surface area contributed by atoms with Gasteiger partial charge in [-0.25, -0.2) is 4.98 Å². The van der Waals surface area contributed by atoms with Gasteiger partial charge in [0.05, 0.1) is 11.4 Å². The smallest absolute Gasteiger partial charge is 0.161 e. The summed E-state index contributed by atoms with van der Waals surface area (Å²) in [5, 5.41) is 11.0. The van der Waals surface area contributed by atoms with Gasteiger partial charge in [-0.15, -0.1) is 0 Å². The molecule has 2 heterocycles. The highest BCUT2D eigenvalue weighted by Crippen LogP contribution is 2.36. The van der Waals surface area contributed by atoms with Crippen molar-refractivity contribution in [2.45, 2.75) is 32.9 Å². The first-order valence-electron chi connectivity index (χ1n) is 7.08. The molecule has 1 fully saturated rings. The molecule has 0 spiro atoms. The fourth-order valence-electron chi connectivity index (χ4n) is 2.59. The standard InChI is InChI=1S/C16H24N2O/c1-5-14-8-7-9-15(17-14)16(19,6-2)18-10-13(11-18)12(3)4/h5,7-9,12-13,19H,1,6,10-11H2,2-4H3. The zero-order valence-corrected chi connectivity index (χ0v) is 12.1. The molecule has 0 saturated carbocycles. The maximum Gasteiger partial charge on any atom is 0.161 e. The van der Waals surface area contributed by atoms with E-state index < -0.39 is 5.72 Å². The van der Waals surface area contributed by atoms with Crippen molar-refractivity contribution in [3.05, 3.63) is 36.2 Å². The maximum absolute atomic E-state index is 11.0. The second-order valence-corrected chi connectivity index (χ2v) is 5.73. The normalized spacial score (nSPS) is 20.1. The van der Waals surface area contributed by atoms with E-state index in [1.165, 1.54) is 0 Å². The molecule has 1 aromatic heterocycles. The average molecular weight is 260 g/mol. The minimum Gasteiger partial charge on any atom is -0.370 e. The molecule has 1 aromatic rings. The minimum absolute atomic E-state index is 0.644. The number of pyridine rings is 1. The predicted molar refractivity (Wildman–Crippen MR) is 78.4 cm³/mol. The Morgan fingerprint density at radius 1 is 1.53 bits per heavy atom. The van der Waals surface area contributed by atoms with Crippen molar-refractivity contribution in [2.24, 2.45) is 11.8 Å². The molecular weight excluding hydrogens is 236 g/mol. The van der Waals surface area contributed by atoms with Gasteiger partial charge in [0, 0.05) is 13.1 Å². The summed E-state index contributed by atoms with van der Waals surface area (Å²) in [4.78, 5) is 6.63. The van der Waals surface area contributed by atoms with Crippen LogP contribution in [0.5, 0.6) is 0 Å². The number of nitrogens with zero attached hydrogens (tertiary/aromatic N) is 2. The summed E-state index contributed by atoms with van der Waals surface area (Å²) in [6.45, 7) is 12.1. The molecule has 0 aliphatic carbocycles. The van der Waals surface area contributed by atoms with E-state index in [2.05, 4.69) is 30.3 Å². The van der Waals surface area contributed by atoms with Crippen molar-refractivity contribution in [3.63, 3.8) is 0 Å². The van der Waals surface area contributed by atoms with Crippen molar-refractivity contribution in [1.82, 2.24) is 9.88 Å². The summed E-state index contributed by atoms with van der Waals surface area (Å²) in [5.74, 6) is 1.35. The molecule has 0 aromatic carbocycles. The van der Waals surface area contributed by atoms with E-state index in [0.29, 0.717) is 18.3 Å². The molecule has 19 heavy (non-hydrogen) atoms. The molecular formula is C16H24N2O. The molecule has 1 aliphatic heterocycles. The Balaban J connectivity index is 2.20. The van der Waals surface area contributed by atoms with Gasteiger partial charge in [-0.3, -0.25) is 4.90 Å². The van der Waals surface area contributed by atoms with Crippen LogP contribution in [0.3, 0.4) is 0 Å². The lowest BCUT2D eigenvalue weighted by Gasteiger charge is -2.50. The van der Waals surface area contributed by atoms with Gasteiger partial charge in [0.15, 0.2) is 5.72 Å². The fraction of sp³-hybridized carbons (Fsp3) is 0.562. The molecule has 3 heteroatoms. The summed E-state index contributed by atoms with van der Waals surface area (Å²) in [7, 11) is 0. The maximum atomic E-state index is 11.0. The molecule has 1 atom stereocenters. The molecule has 0 radical (unpaired) electrons. The van der Waals surface area contributed by atoms with Crippen LogP contribution in [0.4, 0.5) is 0 Å². The van der Waals surface area contributed by atoms with Crippen LogP contribution in [0.15, 0.2) is 24.8 Å². The van der Waals surface area contributed by atoms with Gasteiger partial charge >= 0.3 is 0 Å². The largest absolute Gasteiger partial charge is 0.370 e. The number of likely N-dealkylation sites (tertiary alicyclic amines) is 1. The van der Waals surface area contributed by atoms with Crippen LogP contribution in [0.25, 0.3) is 6.08 Å². The molecule has 0 bridgehead atoms. The average Bonchev–Trinajstić information content (AvgIpc) is 2.36. The third kappa shape index (κ3) is 2.58. The van der Waals surface area contributed by atoms with Crippen molar-refractivity contribution < 1.29 is 5.11 Å². The van der Waals surface area contributed by atoms with Crippen LogP contribution in [0.2, 0.25) is 0 Å². The fourth-order valence-corrected chi connectivity index (χ4v) is 2.59. The summed E-state index contributed by atoms with van der Waals surface area (Å²) in [5.41, 5.74) is 0.602. The van der Waals surface area contributed by atoms with Crippen LogP contribution in [0.1, 0.15) is 38.6 Å². The quantitative estimate of drug-likeness (QED) is 0.884. The Labute approximate surface area is 116 Å². The molecule has 104 valence electrons. The predicted octanol–water partition coefficient (Wildman–Crippen LogP) is 2.87. The summed E-state index contributed by atoms with van der Waals surface area (Å²) >= 11 is 0. The van der Waals surface area contributed by atoms with Crippen molar-refractivity contribution in [1.29, 1.82) is 0 Å². The van der Waals surface area contributed by atoms with Gasteiger partial charge in [-0.2, -0.15) is 0 Å². The Kier molecular flexibility index (Phi) is 4.07. The zero-order chi connectivity index (χ0) is 14.0. The molecule has 1 N–H and O–H groups in total. The van der Waals surface area contributed by atoms with Crippen molar-refractivity contribution >= 4 is 6.08 Å². The Bertz CT molecular complexity index is 452. The van der Waals surface area contributed by atoms with E-state index in [9.17, 15) is 5.11 Å². The zero-order valence-electron chi connectivity index (χ0n) is 12.1. The van der Waals surface area contributed by atoms with E-state index >= 15 is 0 Å². The number of aromatic nitrogens is 1. The summed E-state index contributed by atoms with van der Waals surface area (Å²) in [6, 6.07) is 5.73. The molecule has 1 saturated heterocycles. The topological polar surface area (TPSA) is 36.4 Å². The van der Waals surface area contributed by atoms with E-state index in [1.807, 2.05) is 25.1 Å². The van der Waals surface area contributed by atoms with E-state index in [0.717, 1.165) is 24.5 Å². The minimum atomic E-state index is -0.940. The van der Waals surface area contributed by atoms with Crippen LogP contribution in [-0.4, -0.2) is 28.1 Å². The van der Waals surface area contributed by atoms with Crippen molar-refractivity contribution in [2.75, 3.05) is 13.1 Å². The molecule has 1 aliphatic rings. The third-order valence-electron chi connectivity index (χ3n) is 4.26. The third-order valence-corrected chi connectivity index (χ3v) is 4.26. The highest BCUT2D eigenvalue weighted by Gasteiger charge is 2.44. The van der Waals surface area contributed by atoms with Crippen LogP contribution < -0.4 is 0 Å². The van der Waals surface area contributed by atoms with Gasteiger partial charge in [0.2, 0.25) is 0 Å². The number of aliphatic hydroxyl groups is 1. The highest BCUT2D eigenvalue weighted by molar-refractivity contribution is 5.41. The Morgan fingerprint density at radius 3 is 2.74 bits per heavy atom. The number of rotatable bonds is 5. The van der Waals surface area contributed by atoms with Crippen LogP contribution >= 0.6 is 0 Å². The Morgan fingerprint density at radius 2 is 2.21 bits per heavy atom. The number of hydrogen-bond donors (Lipinski definition) is 1. The van der Waals surface area contributed by atoms with Crippen LogP contribution in [0, 0.1) is 11.8 Å². The van der Waals surface area contributed by atoms with Crippen LogP contribution in [-0.2, 0) is 5.72 Å². The first-order chi connectivity index (χ1) is 9.01. The lowest BCUT2D eigenvalue weighted by atomic mass is 9.85. The second-order valence-electron chi connectivity index (χ2n) is 5.73. The molecule has 2 rings (SSSR count). The monoisotopic (exact) mass is 260 g/mol.